The van der Waals surface area contributed by atoms with E-state index in [2.05, 4.69) is 16.9 Å². The molecule has 0 fully saturated rings. The zero-order valence-corrected chi connectivity index (χ0v) is 21.8. The fourth-order valence-electron chi connectivity index (χ4n) is 4.10. The van der Waals surface area contributed by atoms with Crippen LogP contribution < -0.4 is 0 Å². The van der Waals surface area contributed by atoms with Crippen LogP contribution in [-0.4, -0.2) is 49.6 Å². The van der Waals surface area contributed by atoms with Crippen LogP contribution in [0.25, 0.3) is 0 Å². The van der Waals surface area contributed by atoms with Gasteiger partial charge in [0.2, 0.25) is 5.89 Å². The molecule has 36 heavy (non-hydrogen) atoms. The monoisotopic (exact) mass is 508 g/mol. The number of aliphatic hydroxyl groups is 3. The molecule has 0 amide bonds. The number of nitrogens with zero attached hydrogens (tertiary/aromatic N) is 2. The molecule has 0 aliphatic rings. The van der Waals surface area contributed by atoms with Crippen LogP contribution in [0, 0.1) is 0 Å². The van der Waals surface area contributed by atoms with E-state index in [1.54, 1.807) is 6.20 Å². The molecular weight excluding hydrogens is 464 g/mol. The van der Waals surface area contributed by atoms with Crippen LogP contribution in [-0.2, 0) is 16.0 Å². The fourth-order valence-corrected chi connectivity index (χ4v) is 4.10. The SMILES string of the molecule is CCCCCCCCCCCCCC(=O)O[C@H](C[C@H](O)c1cnc(Cc2cnco2)o1)[C@H](O)[C@H](C)O. The van der Waals surface area contributed by atoms with Gasteiger partial charge in [-0.25, -0.2) is 9.97 Å². The lowest BCUT2D eigenvalue weighted by Crippen LogP contribution is -2.39. The van der Waals surface area contributed by atoms with Crippen molar-refractivity contribution in [3.05, 3.63) is 36.2 Å². The predicted molar refractivity (Wildman–Crippen MR) is 134 cm³/mol. The van der Waals surface area contributed by atoms with Crippen molar-refractivity contribution in [2.45, 2.75) is 128 Å². The molecular formula is C27H44N2O7. The van der Waals surface area contributed by atoms with Gasteiger partial charge in [0.25, 0.3) is 0 Å². The number of ether oxygens (including phenoxy) is 1. The molecule has 4 atom stereocenters. The minimum Gasteiger partial charge on any atom is -0.459 e. The van der Waals surface area contributed by atoms with Crippen LogP contribution in [0.3, 0.4) is 0 Å². The third kappa shape index (κ3) is 11.7. The summed E-state index contributed by atoms with van der Waals surface area (Å²) < 4.78 is 16.2. The minimum atomic E-state index is -1.34. The summed E-state index contributed by atoms with van der Waals surface area (Å²) >= 11 is 0. The van der Waals surface area contributed by atoms with E-state index in [4.69, 9.17) is 13.6 Å². The van der Waals surface area contributed by atoms with Gasteiger partial charge in [0.05, 0.1) is 24.9 Å². The van der Waals surface area contributed by atoms with E-state index in [0.29, 0.717) is 18.1 Å². The molecule has 9 nitrogen and oxygen atoms in total. The van der Waals surface area contributed by atoms with Crippen molar-refractivity contribution < 1.29 is 33.7 Å². The maximum atomic E-state index is 12.4. The van der Waals surface area contributed by atoms with E-state index in [1.807, 2.05) is 0 Å². The highest BCUT2D eigenvalue weighted by molar-refractivity contribution is 5.69. The number of carbonyl (C=O) groups excluding carboxylic acids is 1. The van der Waals surface area contributed by atoms with Gasteiger partial charge in [-0.15, -0.1) is 0 Å². The van der Waals surface area contributed by atoms with Gasteiger partial charge in [-0.3, -0.25) is 4.79 Å². The van der Waals surface area contributed by atoms with Gasteiger partial charge >= 0.3 is 5.97 Å². The normalized spacial score (nSPS) is 14.9. The molecule has 0 spiro atoms. The molecule has 9 heteroatoms. The van der Waals surface area contributed by atoms with Crippen LogP contribution in [0.2, 0.25) is 0 Å². The lowest BCUT2D eigenvalue weighted by Gasteiger charge is -2.26. The van der Waals surface area contributed by atoms with E-state index in [9.17, 15) is 20.1 Å². The van der Waals surface area contributed by atoms with Crippen LogP contribution >= 0.6 is 0 Å². The van der Waals surface area contributed by atoms with Gasteiger partial charge < -0.3 is 28.9 Å². The van der Waals surface area contributed by atoms with Gasteiger partial charge in [-0.1, -0.05) is 71.1 Å². The Morgan fingerprint density at radius 2 is 1.61 bits per heavy atom. The summed E-state index contributed by atoms with van der Waals surface area (Å²) in [5.41, 5.74) is 0. The smallest absolute Gasteiger partial charge is 0.306 e. The molecule has 2 heterocycles. The van der Waals surface area contributed by atoms with Gasteiger partial charge in [-0.05, 0) is 13.3 Å². The van der Waals surface area contributed by atoms with Crippen molar-refractivity contribution in [1.82, 2.24) is 9.97 Å². The number of unbranched alkanes of at least 4 members (excludes halogenated alkanes) is 10. The Morgan fingerprint density at radius 3 is 2.19 bits per heavy atom. The van der Waals surface area contributed by atoms with E-state index in [1.165, 1.54) is 70.9 Å². The number of aromatic nitrogens is 2. The molecule has 0 saturated heterocycles. The van der Waals surface area contributed by atoms with Crippen LogP contribution in [0.1, 0.15) is 121 Å². The summed E-state index contributed by atoms with van der Waals surface area (Å²) in [7, 11) is 0. The highest BCUT2D eigenvalue weighted by Crippen LogP contribution is 2.24. The molecule has 2 aromatic rings. The highest BCUT2D eigenvalue weighted by Gasteiger charge is 2.31. The molecule has 0 aromatic carbocycles. The first kappa shape index (κ1) is 30.0. The van der Waals surface area contributed by atoms with Crippen molar-refractivity contribution in [3.63, 3.8) is 0 Å². The Morgan fingerprint density at radius 1 is 0.972 bits per heavy atom. The topological polar surface area (TPSA) is 139 Å². The summed E-state index contributed by atoms with van der Waals surface area (Å²) in [5, 5.41) is 30.8. The van der Waals surface area contributed by atoms with Crippen molar-refractivity contribution in [2.24, 2.45) is 0 Å². The lowest BCUT2D eigenvalue weighted by atomic mass is 10.0. The van der Waals surface area contributed by atoms with E-state index < -0.39 is 30.4 Å². The van der Waals surface area contributed by atoms with Crippen molar-refractivity contribution in [3.8, 4) is 0 Å². The average molecular weight is 509 g/mol. The van der Waals surface area contributed by atoms with Crippen molar-refractivity contribution in [2.75, 3.05) is 0 Å². The van der Waals surface area contributed by atoms with E-state index in [-0.39, 0.29) is 25.0 Å². The third-order valence-corrected chi connectivity index (χ3v) is 6.31. The first-order valence-corrected chi connectivity index (χ1v) is 13.5. The van der Waals surface area contributed by atoms with E-state index in [0.717, 1.165) is 12.8 Å². The molecule has 0 radical (unpaired) electrons. The number of hydrogen-bond acceptors (Lipinski definition) is 9. The van der Waals surface area contributed by atoms with Gasteiger partial charge in [0.15, 0.2) is 12.2 Å². The maximum Gasteiger partial charge on any atom is 0.306 e. The number of oxazole rings is 2. The number of hydrogen-bond donors (Lipinski definition) is 3. The van der Waals surface area contributed by atoms with Gasteiger partial charge in [0.1, 0.15) is 24.1 Å². The largest absolute Gasteiger partial charge is 0.459 e. The fraction of sp³-hybridized carbons (Fsp3) is 0.741. The summed E-state index contributed by atoms with van der Waals surface area (Å²) in [6.07, 6.45) is 12.9. The Kier molecular flexibility index (Phi) is 14.4. The van der Waals surface area contributed by atoms with Gasteiger partial charge in [0, 0.05) is 12.8 Å². The molecule has 3 N–H and O–H groups in total. The second kappa shape index (κ2) is 17.3. The summed E-state index contributed by atoms with van der Waals surface area (Å²) in [5.74, 6) is 0.624. The standard InChI is InChI=1S/C27H44N2O7/c1-3-4-5-6-7-8-9-10-11-12-13-14-26(32)36-23(27(33)20(2)30)16-22(31)24-18-29-25(35-24)15-21-17-28-19-34-21/h17-20,22-23,27,30-31,33H,3-16H2,1-2H3/t20-,22-,23+,27+/m0/s1. The number of aliphatic hydroxyl groups excluding tert-OH is 3. The average Bonchev–Trinajstić information content (AvgIpc) is 3.54. The number of esters is 1. The maximum absolute atomic E-state index is 12.4. The molecule has 0 unspecified atom stereocenters. The zero-order valence-electron chi connectivity index (χ0n) is 21.8. The van der Waals surface area contributed by atoms with E-state index >= 15 is 0 Å². The second-order valence-electron chi connectivity index (χ2n) is 9.60. The third-order valence-electron chi connectivity index (χ3n) is 6.31. The van der Waals surface area contributed by atoms with Crippen LogP contribution in [0.15, 0.2) is 27.6 Å². The van der Waals surface area contributed by atoms with Gasteiger partial charge in [-0.2, -0.15) is 0 Å². The Balaban J connectivity index is 1.71. The van der Waals surface area contributed by atoms with Crippen LogP contribution in [0.5, 0.6) is 0 Å². The molecule has 0 bridgehead atoms. The number of carbonyl (C=O) groups is 1. The first-order chi connectivity index (χ1) is 17.4. The Hall–Kier alpha value is -2.23. The summed E-state index contributed by atoms with van der Waals surface area (Å²) in [6, 6.07) is 0. The number of rotatable bonds is 20. The molecule has 0 aliphatic carbocycles. The highest BCUT2D eigenvalue weighted by atomic mass is 16.6. The van der Waals surface area contributed by atoms with Crippen LogP contribution in [0.4, 0.5) is 0 Å². The van der Waals surface area contributed by atoms with Crippen molar-refractivity contribution >= 4 is 5.97 Å². The molecule has 0 saturated carbocycles. The van der Waals surface area contributed by atoms with Crippen molar-refractivity contribution in [1.29, 1.82) is 0 Å². The Labute approximate surface area is 214 Å². The summed E-state index contributed by atoms with van der Waals surface area (Å²) in [6.45, 7) is 3.64. The predicted octanol–water partition coefficient (Wildman–Crippen LogP) is 5.03. The quantitative estimate of drug-likeness (QED) is 0.166. The molecule has 0 aliphatic heterocycles. The first-order valence-electron chi connectivity index (χ1n) is 13.5. The lowest BCUT2D eigenvalue weighted by molar-refractivity contribution is -0.162. The summed E-state index contributed by atoms with van der Waals surface area (Å²) in [4.78, 5) is 20.3. The molecule has 2 aromatic heterocycles. The minimum absolute atomic E-state index is 0.132. The molecule has 2 rings (SSSR count). The zero-order chi connectivity index (χ0) is 26.2. The Bertz CT molecular complexity index is 822. The molecule has 204 valence electrons. The second-order valence-corrected chi connectivity index (χ2v) is 9.60.